The quantitative estimate of drug-likeness (QED) is 0.147. The van der Waals surface area contributed by atoms with Gasteiger partial charge in [-0.3, -0.25) is 0 Å². The minimum Gasteiger partial charge on any atom is -0.452 e. The molecule has 0 atom stereocenters. The molecular weight excluding hydrogens is 543 g/mol. The van der Waals surface area contributed by atoms with Crippen molar-refractivity contribution in [2.75, 3.05) is 0 Å². The summed E-state index contributed by atoms with van der Waals surface area (Å²) in [6.45, 7) is 0. The molecule has 2 aromatic heterocycles. The van der Waals surface area contributed by atoms with Gasteiger partial charge in [0.1, 0.15) is 16.4 Å². The molecule has 0 saturated carbocycles. The summed E-state index contributed by atoms with van der Waals surface area (Å²) < 4.78 is 13.5. The second kappa shape index (κ2) is 10.6. The van der Waals surface area contributed by atoms with Crippen LogP contribution in [-0.4, -0.2) is 0 Å². The summed E-state index contributed by atoms with van der Waals surface area (Å²) in [5.74, 6) is 1.71. The molecule has 0 bridgehead atoms. The van der Waals surface area contributed by atoms with E-state index >= 15 is 0 Å². The summed E-state index contributed by atoms with van der Waals surface area (Å²) in [6, 6.07) is 57.9. The average Bonchev–Trinajstić information content (AvgIpc) is 3.79. The van der Waals surface area contributed by atoms with Gasteiger partial charge in [-0.05, 0) is 57.9 Å². The molecule has 0 amide bonds. The first-order chi connectivity index (χ1) is 21.3. The molecule has 204 valence electrons. The predicted octanol–water partition coefficient (Wildman–Crippen LogP) is 9.13. The number of hydrogen-bond donors (Lipinski definition) is 0. The highest BCUT2D eigenvalue weighted by atomic mass is 31.2. The van der Waals surface area contributed by atoms with Crippen molar-refractivity contribution in [3.8, 4) is 22.6 Å². The van der Waals surface area contributed by atoms with E-state index in [1.165, 1.54) is 32.2 Å². The van der Waals surface area contributed by atoms with Crippen LogP contribution < -0.4 is 21.4 Å². The minimum atomic E-state index is -2.53. The fourth-order valence-electron chi connectivity index (χ4n) is 6.38. The highest BCUT2D eigenvalue weighted by molar-refractivity contribution is 8.01. The first-order valence-corrected chi connectivity index (χ1v) is 16.3. The van der Waals surface area contributed by atoms with Crippen molar-refractivity contribution in [1.82, 2.24) is 0 Å². The number of rotatable bonds is 6. The van der Waals surface area contributed by atoms with Crippen molar-refractivity contribution in [1.29, 1.82) is 0 Å². The van der Waals surface area contributed by atoms with Gasteiger partial charge in [0.05, 0.1) is 6.26 Å². The maximum Gasteiger partial charge on any atom is 0.261 e. The molecule has 2 nitrogen and oxygen atoms in total. The molecule has 0 unspecified atom stereocenters. The highest BCUT2D eigenvalue weighted by Gasteiger charge is 2.54. The van der Waals surface area contributed by atoms with E-state index in [2.05, 4.69) is 152 Å². The Morgan fingerprint density at radius 1 is 0.465 bits per heavy atom. The van der Waals surface area contributed by atoms with Gasteiger partial charge in [-0.25, -0.2) is 0 Å². The standard InChI is InChI=1S/C40H28O2P/c1-4-15-29(16-5-1)40-38(28-37(42-40)36-27-30-17-10-11-22-33(30)34-23-12-13-24-35(34)36)43(39-25-14-26-41-39,31-18-6-2-7-19-31)32-20-8-3-9-21-32/h1-28H/q+1. The van der Waals surface area contributed by atoms with E-state index in [9.17, 15) is 0 Å². The molecule has 0 fully saturated rings. The Hall–Kier alpha value is -5.17. The van der Waals surface area contributed by atoms with Crippen LogP contribution in [0.1, 0.15) is 0 Å². The van der Waals surface area contributed by atoms with Gasteiger partial charge >= 0.3 is 0 Å². The van der Waals surface area contributed by atoms with E-state index in [0.29, 0.717) is 0 Å². The smallest absolute Gasteiger partial charge is 0.261 e. The molecular formula is C40H28O2P+. The van der Waals surface area contributed by atoms with Crippen LogP contribution in [0.4, 0.5) is 0 Å². The third kappa shape index (κ3) is 4.14. The summed E-state index contributed by atoms with van der Waals surface area (Å²) in [6.07, 6.45) is 1.79. The van der Waals surface area contributed by atoms with E-state index in [0.717, 1.165) is 33.5 Å². The molecule has 6 aromatic carbocycles. The number of furan rings is 2. The third-order valence-electron chi connectivity index (χ3n) is 8.27. The van der Waals surface area contributed by atoms with Gasteiger partial charge in [-0.15, -0.1) is 0 Å². The van der Waals surface area contributed by atoms with Crippen LogP contribution in [0.2, 0.25) is 0 Å². The Morgan fingerprint density at radius 2 is 1.05 bits per heavy atom. The molecule has 0 aliphatic heterocycles. The zero-order valence-corrected chi connectivity index (χ0v) is 24.3. The van der Waals surface area contributed by atoms with Crippen LogP contribution in [0, 0.1) is 0 Å². The van der Waals surface area contributed by atoms with Crippen LogP contribution in [0.25, 0.3) is 44.2 Å². The largest absolute Gasteiger partial charge is 0.452 e. The second-order valence-corrected chi connectivity index (χ2v) is 14.0. The first-order valence-electron chi connectivity index (χ1n) is 14.5. The van der Waals surface area contributed by atoms with Gasteiger partial charge in [0.25, 0.3) is 5.50 Å². The zero-order valence-electron chi connectivity index (χ0n) is 23.4. The lowest BCUT2D eigenvalue weighted by atomic mass is 9.96. The summed E-state index contributed by atoms with van der Waals surface area (Å²) in [4.78, 5) is 0. The Bertz CT molecular complexity index is 2120. The lowest BCUT2D eigenvalue weighted by molar-refractivity contribution is 0.598. The monoisotopic (exact) mass is 571 g/mol. The highest BCUT2D eigenvalue weighted by Crippen LogP contribution is 2.57. The van der Waals surface area contributed by atoms with Crippen molar-refractivity contribution >= 4 is 50.2 Å². The van der Waals surface area contributed by atoms with Crippen LogP contribution >= 0.6 is 7.26 Å². The summed E-state index contributed by atoms with van der Waals surface area (Å²) >= 11 is 0. The van der Waals surface area contributed by atoms with Crippen molar-refractivity contribution < 1.29 is 8.83 Å². The molecule has 0 saturated heterocycles. The molecule has 8 aromatic rings. The Morgan fingerprint density at radius 3 is 1.70 bits per heavy atom. The molecule has 0 aliphatic carbocycles. The molecule has 0 N–H and O–H groups in total. The zero-order chi connectivity index (χ0) is 28.6. The van der Waals surface area contributed by atoms with E-state index in [-0.39, 0.29) is 0 Å². The lowest BCUT2D eigenvalue weighted by Crippen LogP contribution is -2.38. The average molecular weight is 572 g/mol. The lowest BCUT2D eigenvalue weighted by Gasteiger charge is -2.24. The van der Waals surface area contributed by atoms with Crippen LogP contribution in [0.5, 0.6) is 0 Å². The molecule has 43 heavy (non-hydrogen) atoms. The fourth-order valence-corrected chi connectivity index (χ4v) is 10.5. The summed E-state index contributed by atoms with van der Waals surface area (Å²) in [5, 5.41) is 8.37. The van der Waals surface area contributed by atoms with Crippen LogP contribution in [-0.2, 0) is 0 Å². The third-order valence-corrected chi connectivity index (χ3v) is 12.4. The van der Waals surface area contributed by atoms with Gasteiger partial charge in [-0.2, -0.15) is 0 Å². The second-order valence-electron chi connectivity index (χ2n) is 10.7. The molecule has 0 spiro atoms. The van der Waals surface area contributed by atoms with Crippen molar-refractivity contribution in [2.24, 2.45) is 0 Å². The number of hydrogen-bond acceptors (Lipinski definition) is 2. The fraction of sp³-hybridized carbons (Fsp3) is 0. The molecule has 2 heterocycles. The van der Waals surface area contributed by atoms with E-state index in [4.69, 9.17) is 8.83 Å². The van der Waals surface area contributed by atoms with Crippen molar-refractivity contribution in [2.45, 2.75) is 0 Å². The van der Waals surface area contributed by atoms with Gasteiger partial charge < -0.3 is 8.83 Å². The van der Waals surface area contributed by atoms with Gasteiger partial charge in [0.2, 0.25) is 0 Å². The maximum atomic E-state index is 7.08. The van der Waals surface area contributed by atoms with Gasteiger partial charge in [0, 0.05) is 23.3 Å². The number of benzene rings is 6. The molecule has 0 aliphatic rings. The topological polar surface area (TPSA) is 26.3 Å². The normalized spacial score (nSPS) is 11.7. The maximum absolute atomic E-state index is 7.08. The predicted molar refractivity (Wildman–Crippen MR) is 182 cm³/mol. The summed E-state index contributed by atoms with van der Waals surface area (Å²) in [5.41, 5.74) is 3.06. The van der Waals surface area contributed by atoms with Crippen molar-refractivity contribution in [3.05, 3.63) is 170 Å². The Kier molecular flexibility index (Phi) is 6.29. The van der Waals surface area contributed by atoms with E-state index in [1.807, 2.05) is 12.1 Å². The first kappa shape index (κ1) is 25.5. The van der Waals surface area contributed by atoms with E-state index in [1.54, 1.807) is 6.26 Å². The molecule has 8 rings (SSSR count). The molecule has 0 radical (unpaired) electrons. The molecule has 3 heteroatoms. The van der Waals surface area contributed by atoms with E-state index < -0.39 is 7.26 Å². The van der Waals surface area contributed by atoms with Crippen LogP contribution in [0.15, 0.2) is 179 Å². The Balaban J connectivity index is 1.52. The van der Waals surface area contributed by atoms with Gasteiger partial charge in [0.15, 0.2) is 18.3 Å². The summed E-state index contributed by atoms with van der Waals surface area (Å²) in [7, 11) is -2.53. The SMILES string of the molecule is c1ccc(-c2oc(-c3cc4ccccc4c4ccccc34)cc2[P+](c2ccccc2)(c2ccccc2)c2ccco2)cc1. The number of fused-ring (bicyclic) bond motifs is 3. The minimum absolute atomic E-state index is 0.846. The van der Waals surface area contributed by atoms with Crippen LogP contribution in [0.3, 0.4) is 0 Å². The Labute approximate surface area is 251 Å². The van der Waals surface area contributed by atoms with Crippen molar-refractivity contribution in [3.63, 3.8) is 0 Å². The van der Waals surface area contributed by atoms with Gasteiger partial charge in [-0.1, -0.05) is 115 Å².